The Balaban J connectivity index is 1.70. The highest BCUT2D eigenvalue weighted by molar-refractivity contribution is 7.99. The van der Waals surface area contributed by atoms with Crippen molar-refractivity contribution >= 4 is 46.8 Å². The smallest absolute Gasteiger partial charge is 0.253 e. The van der Waals surface area contributed by atoms with Gasteiger partial charge in [-0.2, -0.15) is 0 Å². The maximum atomic E-state index is 13.0. The number of rotatable bonds is 10. The lowest BCUT2D eigenvalue weighted by Crippen LogP contribution is -2.34. The molecule has 186 valence electrons. The molecule has 0 saturated carbocycles. The first-order valence-electron chi connectivity index (χ1n) is 11.4. The van der Waals surface area contributed by atoms with Gasteiger partial charge in [0.25, 0.3) is 5.91 Å². The highest BCUT2D eigenvalue weighted by Gasteiger charge is 2.27. The quantitative estimate of drug-likeness (QED) is 0.326. The topological polar surface area (TPSA) is 88.9 Å². The number of thioether (sulfide) groups is 1. The summed E-state index contributed by atoms with van der Waals surface area (Å²) in [6, 6.07) is 14.1. The molecule has 7 nitrogen and oxygen atoms in total. The van der Waals surface area contributed by atoms with Gasteiger partial charge in [-0.05, 0) is 43.5 Å². The minimum atomic E-state index is -0.400. The van der Waals surface area contributed by atoms with Crippen LogP contribution in [0.1, 0.15) is 61.5 Å². The molecule has 0 spiro atoms. The molecule has 0 bridgehead atoms. The van der Waals surface area contributed by atoms with Crippen LogP contribution in [0.2, 0.25) is 10.0 Å². The van der Waals surface area contributed by atoms with Gasteiger partial charge in [0.15, 0.2) is 11.0 Å². The van der Waals surface area contributed by atoms with Gasteiger partial charge in [0, 0.05) is 11.6 Å². The number of aromatic nitrogens is 3. The van der Waals surface area contributed by atoms with Gasteiger partial charge in [0.05, 0.1) is 28.4 Å². The Morgan fingerprint density at radius 1 is 1.03 bits per heavy atom. The predicted molar refractivity (Wildman–Crippen MR) is 141 cm³/mol. The molecule has 3 aromatic rings. The molecule has 0 fully saturated rings. The van der Waals surface area contributed by atoms with E-state index in [9.17, 15) is 9.59 Å². The highest BCUT2D eigenvalue weighted by Crippen LogP contribution is 2.27. The zero-order valence-electron chi connectivity index (χ0n) is 20.1. The van der Waals surface area contributed by atoms with E-state index in [0.717, 1.165) is 5.56 Å². The number of nitrogens with zero attached hydrogens (tertiary/aromatic N) is 3. The summed E-state index contributed by atoms with van der Waals surface area (Å²) in [6.07, 6.45) is 0. The molecular weight excluding hydrogens is 505 g/mol. The van der Waals surface area contributed by atoms with E-state index in [2.05, 4.69) is 20.8 Å². The van der Waals surface area contributed by atoms with Gasteiger partial charge in [-0.15, -0.1) is 10.2 Å². The number of carbonyl (C=O) groups is 2. The van der Waals surface area contributed by atoms with E-state index in [1.807, 2.05) is 62.6 Å². The second-order valence-corrected chi connectivity index (χ2v) is 10.2. The van der Waals surface area contributed by atoms with Gasteiger partial charge in [-0.25, -0.2) is 0 Å². The van der Waals surface area contributed by atoms with Gasteiger partial charge in [0.1, 0.15) is 0 Å². The van der Waals surface area contributed by atoms with Crippen LogP contribution in [0.25, 0.3) is 0 Å². The number of nitrogens with one attached hydrogen (secondary N) is 2. The largest absolute Gasteiger partial charge is 0.349 e. The normalized spacial score (nSPS) is 12.9. The van der Waals surface area contributed by atoms with Crippen molar-refractivity contribution in [3.8, 4) is 0 Å². The summed E-state index contributed by atoms with van der Waals surface area (Å²) >= 11 is 13.5. The summed E-state index contributed by atoms with van der Waals surface area (Å²) in [5.74, 6) is 0.451. The first kappa shape index (κ1) is 27.0. The number of hydrogen-bond donors (Lipinski definition) is 2. The van der Waals surface area contributed by atoms with Gasteiger partial charge in [-0.3, -0.25) is 9.59 Å². The fraction of sp³-hybridized carbons (Fsp3) is 0.360. The number of benzene rings is 2. The molecular formula is C25H29Cl2N5O2S. The lowest BCUT2D eigenvalue weighted by Gasteiger charge is -2.23. The van der Waals surface area contributed by atoms with Crippen molar-refractivity contribution in [2.75, 3.05) is 5.75 Å². The van der Waals surface area contributed by atoms with E-state index < -0.39 is 6.04 Å². The summed E-state index contributed by atoms with van der Waals surface area (Å²) < 4.78 is 1.92. The van der Waals surface area contributed by atoms with Crippen LogP contribution in [-0.2, 0) is 11.3 Å². The third-order valence-electron chi connectivity index (χ3n) is 5.48. The first-order valence-corrected chi connectivity index (χ1v) is 13.1. The molecule has 0 unspecified atom stereocenters. The van der Waals surface area contributed by atoms with E-state index in [0.29, 0.717) is 28.1 Å². The van der Waals surface area contributed by atoms with Crippen LogP contribution in [0, 0.1) is 5.92 Å². The molecule has 0 saturated heterocycles. The fourth-order valence-electron chi connectivity index (χ4n) is 3.59. The number of hydrogen-bond acceptors (Lipinski definition) is 5. The minimum absolute atomic E-state index is 0.0346. The van der Waals surface area contributed by atoms with Crippen LogP contribution in [-0.4, -0.2) is 32.3 Å². The summed E-state index contributed by atoms with van der Waals surface area (Å²) in [6.45, 7) is 8.51. The lowest BCUT2D eigenvalue weighted by molar-refractivity contribution is -0.119. The Hall–Kier alpha value is -2.55. The monoisotopic (exact) mass is 533 g/mol. The summed E-state index contributed by atoms with van der Waals surface area (Å²) in [5, 5.41) is 16.1. The molecule has 10 heteroatoms. The first-order chi connectivity index (χ1) is 16.7. The molecule has 2 aromatic carbocycles. The molecule has 0 aliphatic heterocycles. The van der Waals surface area contributed by atoms with Crippen LogP contribution >= 0.6 is 35.0 Å². The van der Waals surface area contributed by atoms with Crippen LogP contribution in [0.4, 0.5) is 0 Å². The van der Waals surface area contributed by atoms with Crippen molar-refractivity contribution in [2.24, 2.45) is 5.92 Å². The van der Waals surface area contributed by atoms with Crippen LogP contribution in [0.3, 0.4) is 0 Å². The van der Waals surface area contributed by atoms with Crippen molar-refractivity contribution < 1.29 is 9.59 Å². The Bertz CT molecular complexity index is 1170. The second-order valence-electron chi connectivity index (χ2n) is 8.39. The summed E-state index contributed by atoms with van der Waals surface area (Å²) in [4.78, 5) is 25.5. The third-order valence-corrected chi connectivity index (χ3v) is 6.99. The Morgan fingerprint density at radius 2 is 1.74 bits per heavy atom. The summed E-state index contributed by atoms with van der Waals surface area (Å²) in [7, 11) is 0. The zero-order chi connectivity index (χ0) is 25.5. The molecule has 35 heavy (non-hydrogen) atoms. The maximum Gasteiger partial charge on any atom is 0.253 e. The molecule has 1 heterocycles. The van der Waals surface area contributed by atoms with Crippen LogP contribution in [0.5, 0.6) is 0 Å². The maximum absolute atomic E-state index is 13.0. The Morgan fingerprint density at radius 3 is 2.37 bits per heavy atom. The SMILES string of the molecule is CCn1c(SCC(=O)N[C@@H](C)c2ccccc2)nnc1[C@H](NC(=O)c1ccc(Cl)cc1Cl)C(C)C. The van der Waals surface area contributed by atoms with Crippen molar-refractivity contribution in [3.05, 3.63) is 75.5 Å². The fourth-order valence-corrected chi connectivity index (χ4v) is 4.91. The van der Waals surface area contributed by atoms with E-state index in [4.69, 9.17) is 23.2 Å². The average Bonchev–Trinajstić information content (AvgIpc) is 3.23. The van der Waals surface area contributed by atoms with E-state index in [-0.39, 0.29) is 34.5 Å². The highest BCUT2D eigenvalue weighted by atomic mass is 35.5. The second kappa shape index (κ2) is 12.4. The van der Waals surface area contributed by atoms with Gasteiger partial charge in [-0.1, -0.05) is 79.1 Å². The van der Waals surface area contributed by atoms with Gasteiger partial charge < -0.3 is 15.2 Å². The van der Waals surface area contributed by atoms with E-state index in [1.54, 1.807) is 12.1 Å². The van der Waals surface area contributed by atoms with Gasteiger partial charge >= 0.3 is 0 Å². The van der Waals surface area contributed by atoms with Crippen molar-refractivity contribution in [1.29, 1.82) is 0 Å². The van der Waals surface area contributed by atoms with Crippen LogP contribution < -0.4 is 10.6 Å². The molecule has 0 radical (unpaired) electrons. The van der Waals surface area contributed by atoms with Gasteiger partial charge in [0.2, 0.25) is 5.91 Å². The molecule has 2 amide bonds. The Kier molecular flexibility index (Phi) is 9.60. The standard InChI is InChI=1S/C25H29Cl2N5O2S/c1-5-32-23(22(15(2)3)29-24(34)19-12-11-18(26)13-20(19)27)30-31-25(32)35-14-21(33)28-16(4)17-9-7-6-8-10-17/h6-13,15-16,22H,5,14H2,1-4H3,(H,28,33)(H,29,34)/t16-,22+/m0/s1. The predicted octanol–water partition coefficient (Wildman–Crippen LogP) is 5.70. The third kappa shape index (κ3) is 6.99. The summed E-state index contributed by atoms with van der Waals surface area (Å²) in [5.41, 5.74) is 1.38. The molecule has 2 N–H and O–H groups in total. The number of carbonyl (C=O) groups excluding carboxylic acids is 2. The van der Waals surface area contributed by atoms with Crippen molar-refractivity contribution in [1.82, 2.24) is 25.4 Å². The lowest BCUT2D eigenvalue weighted by atomic mass is 10.0. The molecule has 1 aromatic heterocycles. The number of halogens is 2. The van der Waals surface area contributed by atoms with Crippen molar-refractivity contribution in [2.45, 2.75) is 51.5 Å². The number of amides is 2. The molecule has 2 atom stereocenters. The average molecular weight is 535 g/mol. The molecule has 0 aliphatic rings. The van der Waals surface area contributed by atoms with Crippen LogP contribution in [0.15, 0.2) is 53.7 Å². The van der Waals surface area contributed by atoms with E-state index >= 15 is 0 Å². The van der Waals surface area contributed by atoms with Crippen molar-refractivity contribution in [3.63, 3.8) is 0 Å². The molecule has 3 rings (SSSR count). The van der Waals surface area contributed by atoms with E-state index in [1.165, 1.54) is 17.8 Å². The zero-order valence-corrected chi connectivity index (χ0v) is 22.4. The minimum Gasteiger partial charge on any atom is -0.349 e. The Labute approximate surface area is 220 Å². The molecule has 0 aliphatic carbocycles.